The highest BCUT2D eigenvalue weighted by molar-refractivity contribution is 5.72. The lowest BCUT2D eigenvalue weighted by atomic mass is 9.96. The fourth-order valence-corrected chi connectivity index (χ4v) is 4.03. The summed E-state index contributed by atoms with van der Waals surface area (Å²) >= 11 is 0. The summed E-state index contributed by atoms with van der Waals surface area (Å²) < 4.78 is 49.1. The van der Waals surface area contributed by atoms with Crippen LogP contribution in [0.4, 0.5) is 13.2 Å². The first-order chi connectivity index (χ1) is 16.5. The van der Waals surface area contributed by atoms with Crippen molar-refractivity contribution in [1.29, 1.82) is 0 Å². The number of aryl methyl sites for hydroxylation is 3. The number of halogens is 3. The third kappa shape index (κ3) is 5.17. The molecule has 4 rings (SSSR count). The largest absolute Gasteiger partial charge is 0.491 e. The molecule has 0 spiro atoms. The zero-order valence-corrected chi connectivity index (χ0v) is 19.4. The molecular formula is C30H27F3O. The maximum absolute atomic E-state index is 15.0. The van der Waals surface area contributed by atoms with Crippen molar-refractivity contribution in [1.82, 2.24) is 0 Å². The summed E-state index contributed by atoms with van der Waals surface area (Å²) in [5.74, 6) is -1.80. The third-order valence-corrected chi connectivity index (χ3v) is 6.02. The van der Waals surface area contributed by atoms with Crippen molar-refractivity contribution in [2.24, 2.45) is 0 Å². The van der Waals surface area contributed by atoms with Gasteiger partial charge in [-0.25, -0.2) is 13.2 Å². The maximum Gasteiger partial charge on any atom is 0.167 e. The highest BCUT2D eigenvalue weighted by Crippen LogP contribution is 2.32. The second-order valence-corrected chi connectivity index (χ2v) is 8.23. The summed E-state index contributed by atoms with van der Waals surface area (Å²) in [6, 6.07) is 23.1. The predicted octanol–water partition coefficient (Wildman–Crippen LogP) is 8.18. The van der Waals surface area contributed by atoms with E-state index in [9.17, 15) is 13.2 Å². The van der Waals surface area contributed by atoms with E-state index < -0.39 is 11.6 Å². The Morgan fingerprint density at radius 2 is 1.09 bits per heavy atom. The number of hydrogen-bond donors (Lipinski definition) is 0. The molecule has 0 bridgehead atoms. The Labute approximate surface area is 198 Å². The maximum atomic E-state index is 15.0. The average molecular weight is 461 g/mol. The molecule has 0 aliphatic carbocycles. The number of ether oxygens (including phenoxy) is 1. The molecule has 0 aliphatic rings. The first-order valence-electron chi connectivity index (χ1n) is 11.6. The first kappa shape index (κ1) is 23.6. The van der Waals surface area contributed by atoms with Crippen LogP contribution in [0.25, 0.3) is 22.3 Å². The minimum absolute atomic E-state index is 0.228. The van der Waals surface area contributed by atoms with Gasteiger partial charge in [0.1, 0.15) is 0 Å². The van der Waals surface area contributed by atoms with E-state index in [0.717, 1.165) is 23.1 Å². The molecule has 0 heterocycles. The third-order valence-electron chi connectivity index (χ3n) is 6.02. The van der Waals surface area contributed by atoms with E-state index in [1.807, 2.05) is 49.4 Å². The molecule has 0 saturated carbocycles. The summed E-state index contributed by atoms with van der Waals surface area (Å²) in [6.07, 6.45) is 2.26. The molecule has 0 fully saturated rings. The van der Waals surface area contributed by atoms with Crippen LogP contribution in [0.15, 0.2) is 78.9 Å². The van der Waals surface area contributed by atoms with Gasteiger partial charge in [-0.2, -0.15) is 0 Å². The van der Waals surface area contributed by atoms with Gasteiger partial charge in [-0.3, -0.25) is 0 Å². The van der Waals surface area contributed by atoms with E-state index in [2.05, 4.69) is 6.92 Å². The molecule has 0 N–H and O–H groups in total. The van der Waals surface area contributed by atoms with Crippen LogP contribution in [0, 0.1) is 17.5 Å². The van der Waals surface area contributed by atoms with Gasteiger partial charge in [0.15, 0.2) is 23.2 Å². The average Bonchev–Trinajstić information content (AvgIpc) is 2.86. The minimum Gasteiger partial charge on any atom is -0.491 e. The minimum atomic E-state index is -0.852. The van der Waals surface area contributed by atoms with Crippen molar-refractivity contribution >= 4 is 0 Å². The molecule has 4 aromatic carbocycles. The second-order valence-electron chi connectivity index (χ2n) is 8.23. The molecule has 0 unspecified atom stereocenters. The Hall–Kier alpha value is -3.53. The Kier molecular flexibility index (Phi) is 7.36. The van der Waals surface area contributed by atoms with Crippen LogP contribution in [-0.2, 0) is 19.3 Å². The second kappa shape index (κ2) is 10.6. The summed E-state index contributed by atoms with van der Waals surface area (Å²) in [5.41, 5.74) is 4.80. The van der Waals surface area contributed by atoms with Gasteiger partial charge in [-0.15, -0.1) is 0 Å². The molecule has 174 valence electrons. The van der Waals surface area contributed by atoms with Crippen molar-refractivity contribution < 1.29 is 17.9 Å². The lowest BCUT2D eigenvalue weighted by Gasteiger charge is -2.11. The molecule has 34 heavy (non-hydrogen) atoms. The van der Waals surface area contributed by atoms with Crippen molar-refractivity contribution in [3.8, 4) is 28.0 Å². The molecule has 1 nitrogen and oxygen atoms in total. The summed E-state index contributed by atoms with van der Waals surface area (Å²) in [4.78, 5) is 0. The van der Waals surface area contributed by atoms with Gasteiger partial charge in [-0.1, -0.05) is 73.7 Å². The van der Waals surface area contributed by atoms with Crippen LogP contribution in [-0.4, -0.2) is 6.61 Å². The van der Waals surface area contributed by atoms with Crippen molar-refractivity contribution in [3.05, 3.63) is 113 Å². The Balaban J connectivity index is 1.48. The molecule has 4 heteroatoms. The van der Waals surface area contributed by atoms with Gasteiger partial charge in [0.05, 0.1) is 6.61 Å². The van der Waals surface area contributed by atoms with Gasteiger partial charge in [0, 0.05) is 11.1 Å². The Morgan fingerprint density at radius 1 is 0.588 bits per heavy atom. The van der Waals surface area contributed by atoms with Gasteiger partial charge in [0.25, 0.3) is 0 Å². The van der Waals surface area contributed by atoms with Crippen LogP contribution in [0.3, 0.4) is 0 Å². The molecular weight excluding hydrogens is 433 g/mol. The van der Waals surface area contributed by atoms with E-state index in [4.69, 9.17) is 4.74 Å². The smallest absolute Gasteiger partial charge is 0.167 e. The Morgan fingerprint density at radius 3 is 1.59 bits per heavy atom. The molecule has 0 aromatic heterocycles. The van der Waals surface area contributed by atoms with Crippen LogP contribution >= 0.6 is 0 Å². The SMILES string of the molecule is CCOc1ccc(CCc2ccc(-c3ccc(-c4ccc(CC)cc4)c(F)c3F)cc2)cc1F. The normalized spacial score (nSPS) is 11.0. The quantitative estimate of drug-likeness (QED) is 0.258. The first-order valence-corrected chi connectivity index (χ1v) is 11.6. The van der Waals surface area contributed by atoms with E-state index in [1.165, 1.54) is 6.07 Å². The van der Waals surface area contributed by atoms with Gasteiger partial charge < -0.3 is 4.74 Å². The summed E-state index contributed by atoms with van der Waals surface area (Å²) in [5, 5.41) is 0. The molecule has 0 radical (unpaired) electrons. The van der Waals surface area contributed by atoms with Crippen LogP contribution < -0.4 is 4.74 Å². The molecule has 0 amide bonds. The molecule has 0 aliphatic heterocycles. The summed E-state index contributed by atoms with van der Waals surface area (Å²) in [6.45, 7) is 4.29. The van der Waals surface area contributed by atoms with Crippen LogP contribution in [0.2, 0.25) is 0 Å². The fraction of sp³-hybridized carbons (Fsp3) is 0.200. The van der Waals surface area contributed by atoms with E-state index in [0.29, 0.717) is 30.6 Å². The molecule has 4 aromatic rings. The monoisotopic (exact) mass is 460 g/mol. The lowest BCUT2D eigenvalue weighted by molar-refractivity contribution is 0.321. The summed E-state index contributed by atoms with van der Waals surface area (Å²) in [7, 11) is 0. The highest BCUT2D eigenvalue weighted by atomic mass is 19.2. The van der Waals surface area contributed by atoms with Crippen molar-refractivity contribution in [2.45, 2.75) is 33.1 Å². The highest BCUT2D eigenvalue weighted by Gasteiger charge is 2.16. The molecule has 0 saturated heterocycles. The topological polar surface area (TPSA) is 9.23 Å². The standard InChI is InChI=1S/C30H27F3O/c1-3-20-7-12-23(13-8-20)25-16-17-26(30(33)29(25)32)24-14-9-21(10-15-24)5-6-22-11-18-28(34-4-2)27(31)19-22/h7-19H,3-6H2,1-2H3. The van der Waals surface area contributed by atoms with Gasteiger partial charge >= 0.3 is 0 Å². The van der Waals surface area contributed by atoms with Crippen LogP contribution in [0.1, 0.15) is 30.5 Å². The molecule has 0 atom stereocenters. The number of hydrogen-bond acceptors (Lipinski definition) is 1. The van der Waals surface area contributed by atoms with E-state index in [-0.39, 0.29) is 22.7 Å². The Bertz CT molecular complexity index is 1260. The number of benzene rings is 4. The van der Waals surface area contributed by atoms with Crippen molar-refractivity contribution in [2.75, 3.05) is 6.61 Å². The zero-order chi connectivity index (χ0) is 24.1. The van der Waals surface area contributed by atoms with Crippen LogP contribution in [0.5, 0.6) is 5.75 Å². The van der Waals surface area contributed by atoms with Gasteiger partial charge in [-0.05, 0) is 66.1 Å². The van der Waals surface area contributed by atoms with E-state index >= 15 is 0 Å². The fourth-order valence-electron chi connectivity index (χ4n) is 4.03. The zero-order valence-electron chi connectivity index (χ0n) is 19.4. The lowest BCUT2D eigenvalue weighted by Crippen LogP contribution is -1.97. The van der Waals surface area contributed by atoms with Crippen molar-refractivity contribution in [3.63, 3.8) is 0 Å². The van der Waals surface area contributed by atoms with E-state index in [1.54, 1.807) is 30.3 Å². The number of rotatable bonds is 8. The predicted molar refractivity (Wildman–Crippen MR) is 132 cm³/mol. The van der Waals surface area contributed by atoms with Gasteiger partial charge in [0.2, 0.25) is 0 Å².